The number of anilines is 1. The first-order valence-corrected chi connectivity index (χ1v) is 9.73. The maximum Gasteiger partial charge on any atom is 0.323 e. The van der Waals surface area contributed by atoms with Crippen molar-refractivity contribution >= 4 is 51.4 Å². The number of fused-ring (bicyclic) bond motifs is 3. The average molecular weight is 427 g/mol. The minimum Gasteiger partial charge on any atom is -0.480 e. The normalized spacial score (nSPS) is 11.1. The topological polar surface area (TPSA) is 114 Å². The van der Waals surface area contributed by atoms with Gasteiger partial charge in [0.15, 0.2) is 5.16 Å². The van der Waals surface area contributed by atoms with Gasteiger partial charge in [0, 0.05) is 11.1 Å². The number of amides is 1. The summed E-state index contributed by atoms with van der Waals surface area (Å²) in [5.41, 5.74) is 0.334. The largest absolute Gasteiger partial charge is 0.480 e. The first-order chi connectivity index (χ1) is 14.4. The van der Waals surface area contributed by atoms with Gasteiger partial charge in [-0.1, -0.05) is 30.0 Å². The number of halogens is 1. The molecular weight excluding hydrogens is 413 g/mol. The number of carbonyl (C=O) groups excluding carboxylic acids is 1. The molecule has 0 unspecified atom stereocenters. The number of thioether (sulfide) groups is 1. The van der Waals surface area contributed by atoms with Crippen molar-refractivity contribution in [3.05, 3.63) is 64.7 Å². The molecule has 30 heavy (non-hydrogen) atoms. The maximum absolute atomic E-state index is 13.3. The Morgan fingerprint density at radius 3 is 2.77 bits per heavy atom. The van der Waals surface area contributed by atoms with E-state index in [1.165, 1.54) is 24.3 Å². The van der Waals surface area contributed by atoms with E-state index < -0.39 is 29.8 Å². The van der Waals surface area contributed by atoms with Gasteiger partial charge in [0.05, 0.1) is 5.75 Å². The minimum atomic E-state index is -1.24. The molecule has 0 fully saturated rings. The first kappa shape index (κ1) is 19.6. The molecule has 152 valence electrons. The molecule has 1 amide bonds. The summed E-state index contributed by atoms with van der Waals surface area (Å²) < 4.78 is 19.8. The summed E-state index contributed by atoms with van der Waals surface area (Å²) in [6.07, 6.45) is 0. The van der Waals surface area contributed by atoms with E-state index in [2.05, 4.69) is 10.3 Å². The summed E-state index contributed by atoms with van der Waals surface area (Å²) in [7, 11) is 0. The zero-order valence-corrected chi connectivity index (χ0v) is 16.1. The first-order valence-electron chi connectivity index (χ1n) is 8.74. The maximum atomic E-state index is 13.3. The van der Waals surface area contributed by atoms with Gasteiger partial charge in [0.25, 0.3) is 5.56 Å². The molecule has 0 radical (unpaired) electrons. The van der Waals surface area contributed by atoms with Gasteiger partial charge in [-0.25, -0.2) is 9.37 Å². The molecule has 0 bridgehead atoms. The summed E-state index contributed by atoms with van der Waals surface area (Å²) >= 11 is 0.903. The summed E-state index contributed by atoms with van der Waals surface area (Å²) in [5.74, 6) is -2.35. The second kappa shape index (κ2) is 7.99. The lowest BCUT2D eigenvalue weighted by atomic mass is 10.2. The van der Waals surface area contributed by atoms with Gasteiger partial charge in [-0.3, -0.25) is 19.0 Å². The van der Waals surface area contributed by atoms with E-state index in [9.17, 15) is 23.9 Å². The Hall–Kier alpha value is -3.66. The van der Waals surface area contributed by atoms with Crippen LogP contribution in [0.2, 0.25) is 0 Å². The number of carbonyl (C=O) groups is 2. The fraction of sp³-hybridized carbons (Fsp3) is 0.100. The van der Waals surface area contributed by atoms with E-state index in [-0.39, 0.29) is 22.2 Å². The Labute approximate surface area is 172 Å². The lowest BCUT2D eigenvalue weighted by Gasteiger charge is -2.10. The van der Waals surface area contributed by atoms with Crippen molar-refractivity contribution in [1.29, 1.82) is 0 Å². The predicted molar refractivity (Wildman–Crippen MR) is 109 cm³/mol. The Balaban J connectivity index is 1.67. The van der Waals surface area contributed by atoms with Crippen molar-refractivity contribution in [2.75, 3.05) is 11.1 Å². The van der Waals surface area contributed by atoms with Gasteiger partial charge in [-0.05, 0) is 30.3 Å². The number of rotatable bonds is 6. The molecule has 2 aromatic heterocycles. The fourth-order valence-electron chi connectivity index (χ4n) is 2.93. The number of aromatic nitrogens is 2. The van der Waals surface area contributed by atoms with E-state index in [4.69, 9.17) is 4.42 Å². The number of hydrogen-bond donors (Lipinski definition) is 2. The molecule has 2 N–H and O–H groups in total. The van der Waals surface area contributed by atoms with Crippen LogP contribution in [0, 0.1) is 5.82 Å². The number of carboxylic acid groups (broad SMARTS) is 1. The molecule has 4 rings (SSSR count). The molecule has 2 heterocycles. The van der Waals surface area contributed by atoms with Crippen LogP contribution in [0.4, 0.5) is 10.1 Å². The Kier molecular flexibility index (Phi) is 5.23. The quantitative estimate of drug-likeness (QED) is 0.359. The lowest BCUT2D eigenvalue weighted by Crippen LogP contribution is -2.27. The monoisotopic (exact) mass is 427 g/mol. The molecule has 0 atom stereocenters. The van der Waals surface area contributed by atoms with Crippen LogP contribution < -0.4 is 10.9 Å². The van der Waals surface area contributed by atoms with E-state index in [0.29, 0.717) is 16.5 Å². The van der Waals surface area contributed by atoms with E-state index in [0.717, 1.165) is 16.3 Å². The van der Waals surface area contributed by atoms with E-state index >= 15 is 0 Å². The Morgan fingerprint density at radius 2 is 2.00 bits per heavy atom. The van der Waals surface area contributed by atoms with Crippen molar-refractivity contribution in [2.45, 2.75) is 11.7 Å². The highest BCUT2D eigenvalue weighted by molar-refractivity contribution is 7.99. The highest BCUT2D eigenvalue weighted by Crippen LogP contribution is 2.27. The number of hydrogen-bond acceptors (Lipinski definition) is 6. The number of furan rings is 1. The molecule has 2 aromatic carbocycles. The molecule has 0 saturated carbocycles. The fourth-order valence-corrected chi connectivity index (χ4v) is 3.72. The van der Waals surface area contributed by atoms with Gasteiger partial charge >= 0.3 is 5.97 Å². The molecule has 0 aliphatic rings. The molecule has 0 saturated heterocycles. The lowest BCUT2D eigenvalue weighted by molar-refractivity contribution is -0.137. The molecule has 10 heteroatoms. The van der Waals surface area contributed by atoms with Crippen LogP contribution in [0.5, 0.6) is 0 Å². The standard InChI is InChI=1S/C20H14FN3O5S/c21-11-4-3-5-12(8-11)22-15(25)10-30-20-23-17-13-6-1-2-7-14(13)29-18(17)19(28)24(20)9-16(26)27/h1-8H,9-10H2,(H,22,25)(H,26,27). The highest BCUT2D eigenvalue weighted by Gasteiger charge is 2.20. The number of nitrogens with zero attached hydrogens (tertiary/aromatic N) is 2. The molecule has 8 nitrogen and oxygen atoms in total. The number of carboxylic acids is 1. The predicted octanol–water partition coefficient (Wildman–Crippen LogP) is 3.10. The minimum absolute atomic E-state index is 0.0500. The van der Waals surface area contributed by atoms with Crippen molar-refractivity contribution in [2.24, 2.45) is 0 Å². The smallest absolute Gasteiger partial charge is 0.323 e. The Bertz CT molecular complexity index is 1350. The molecule has 4 aromatic rings. The second-order valence-corrected chi connectivity index (χ2v) is 7.25. The number of aliphatic carboxylic acids is 1. The third kappa shape index (κ3) is 3.90. The van der Waals surface area contributed by atoms with Gasteiger partial charge in [-0.15, -0.1) is 0 Å². The van der Waals surface area contributed by atoms with Gasteiger partial charge in [-0.2, -0.15) is 0 Å². The zero-order chi connectivity index (χ0) is 21.3. The van der Waals surface area contributed by atoms with Gasteiger partial charge < -0.3 is 14.8 Å². The van der Waals surface area contributed by atoms with Crippen LogP contribution in [0.25, 0.3) is 22.1 Å². The Morgan fingerprint density at radius 1 is 1.20 bits per heavy atom. The van der Waals surface area contributed by atoms with E-state index in [1.54, 1.807) is 24.3 Å². The molecule has 0 aliphatic carbocycles. The summed E-state index contributed by atoms with van der Waals surface area (Å²) in [4.78, 5) is 40.7. The number of benzene rings is 2. The molecule has 0 spiro atoms. The van der Waals surface area contributed by atoms with E-state index in [1.807, 2.05) is 0 Å². The third-order valence-electron chi connectivity index (χ3n) is 4.18. The van der Waals surface area contributed by atoms with Crippen LogP contribution in [0.1, 0.15) is 0 Å². The molecule has 0 aliphatic heterocycles. The van der Waals surface area contributed by atoms with Gasteiger partial charge in [0.2, 0.25) is 11.5 Å². The summed E-state index contributed by atoms with van der Waals surface area (Å²) in [5, 5.41) is 12.4. The summed E-state index contributed by atoms with van der Waals surface area (Å²) in [6.45, 7) is -0.632. The van der Waals surface area contributed by atoms with Crippen LogP contribution in [0.3, 0.4) is 0 Å². The van der Waals surface area contributed by atoms with Gasteiger partial charge in [0.1, 0.15) is 23.5 Å². The van der Waals surface area contributed by atoms with Crippen molar-refractivity contribution in [1.82, 2.24) is 9.55 Å². The van der Waals surface area contributed by atoms with Crippen LogP contribution in [-0.2, 0) is 16.1 Å². The van der Waals surface area contributed by atoms with Crippen LogP contribution in [-0.4, -0.2) is 32.3 Å². The second-order valence-electron chi connectivity index (χ2n) is 6.30. The SMILES string of the molecule is O=C(O)Cn1c(SCC(=O)Nc2cccc(F)c2)nc2c(oc3ccccc32)c1=O. The zero-order valence-electron chi connectivity index (χ0n) is 15.3. The number of nitrogens with one attached hydrogen (secondary N) is 1. The number of para-hydroxylation sites is 1. The summed E-state index contributed by atoms with van der Waals surface area (Å²) in [6, 6.07) is 12.3. The van der Waals surface area contributed by atoms with Crippen molar-refractivity contribution in [3.63, 3.8) is 0 Å². The van der Waals surface area contributed by atoms with Crippen LogP contribution >= 0.6 is 11.8 Å². The third-order valence-corrected chi connectivity index (χ3v) is 5.16. The average Bonchev–Trinajstić information content (AvgIpc) is 3.07. The van der Waals surface area contributed by atoms with Crippen molar-refractivity contribution in [3.8, 4) is 0 Å². The highest BCUT2D eigenvalue weighted by atomic mass is 32.2. The van der Waals surface area contributed by atoms with Crippen LogP contribution in [0.15, 0.2) is 62.9 Å². The molecular formula is C20H14FN3O5S. The van der Waals surface area contributed by atoms with Crippen molar-refractivity contribution < 1.29 is 23.5 Å².